The number of alkyl halides is 3. The Kier molecular flexibility index (Phi) is 9.37. The Labute approximate surface area is 304 Å². The summed E-state index contributed by atoms with van der Waals surface area (Å²) in [5, 5.41) is 6.37. The first-order chi connectivity index (χ1) is 25.9. The molecule has 0 amide bonds. The minimum atomic E-state index is -4.53. The largest absolute Gasteiger partial charge is 0.454 e. The van der Waals surface area contributed by atoms with Crippen molar-refractivity contribution in [3.63, 3.8) is 0 Å². The van der Waals surface area contributed by atoms with Crippen LogP contribution in [0.15, 0.2) is 140 Å². The van der Waals surface area contributed by atoms with Crippen LogP contribution in [0.3, 0.4) is 0 Å². The SMILES string of the molecule is FC(F)(F)c1[nH]ncc1-c1ccc2ncnc(N3CCN(c4ccc5c(c4)OCO5)CC3)c2c1.c1ccc(C(c2ccccc2)c2ccccc2)cc1. The molecule has 0 saturated carbocycles. The van der Waals surface area contributed by atoms with Gasteiger partial charge >= 0.3 is 6.18 Å². The van der Waals surface area contributed by atoms with Crippen LogP contribution in [0.5, 0.6) is 11.5 Å². The number of ether oxygens (including phenoxy) is 2. The second-order valence-electron chi connectivity index (χ2n) is 12.8. The van der Waals surface area contributed by atoms with Gasteiger partial charge in [-0.1, -0.05) is 97.1 Å². The average Bonchev–Trinajstić information content (AvgIpc) is 3.90. The van der Waals surface area contributed by atoms with E-state index in [1.165, 1.54) is 29.2 Å². The maximum atomic E-state index is 13.4. The van der Waals surface area contributed by atoms with Crippen LogP contribution in [0.4, 0.5) is 24.7 Å². The Morgan fingerprint density at radius 3 is 1.87 bits per heavy atom. The zero-order valence-electron chi connectivity index (χ0n) is 28.6. The second-order valence-corrected chi connectivity index (χ2v) is 12.8. The van der Waals surface area contributed by atoms with Crippen molar-refractivity contribution in [2.45, 2.75) is 12.1 Å². The lowest BCUT2D eigenvalue weighted by molar-refractivity contribution is -0.140. The highest BCUT2D eigenvalue weighted by Gasteiger charge is 2.36. The summed E-state index contributed by atoms with van der Waals surface area (Å²) in [7, 11) is 0. The zero-order valence-corrected chi connectivity index (χ0v) is 28.6. The van der Waals surface area contributed by atoms with Gasteiger partial charge in [-0.05, 0) is 46.5 Å². The number of aromatic amines is 1. The fraction of sp³-hybridized carbons (Fsp3) is 0.167. The molecule has 0 unspecified atom stereocenters. The molecule has 8 nitrogen and oxygen atoms in total. The lowest BCUT2D eigenvalue weighted by Crippen LogP contribution is -2.46. The Morgan fingerprint density at radius 2 is 1.25 bits per heavy atom. The highest BCUT2D eigenvalue weighted by molar-refractivity contribution is 5.93. The van der Waals surface area contributed by atoms with Gasteiger partial charge < -0.3 is 19.3 Å². The van der Waals surface area contributed by atoms with Crippen LogP contribution in [-0.4, -0.2) is 53.1 Å². The summed E-state index contributed by atoms with van der Waals surface area (Å²) >= 11 is 0. The number of anilines is 2. The Bertz CT molecular complexity index is 2200. The first-order valence-corrected chi connectivity index (χ1v) is 17.3. The number of rotatable bonds is 6. The summed E-state index contributed by atoms with van der Waals surface area (Å²) in [6, 6.07) is 43.0. The van der Waals surface area contributed by atoms with E-state index < -0.39 is 11.9 Å². The van der Waals surface area contributed by atoms with Gasteiger partial charge in [-0.2, -0.15) is 18.3 Å². The first-order valence-electron chi connectivity index (χ1n) is 17.3. The number of nitrogens with one attached hydrogen (secondary N) is 1. The van der Waals surface area contributed by atoms with Gasteiger partial charge in [-0.3, -0.25) is 5.10 Å². The highest BCUT2D eigenvalue weighted by Crippen LogP contribution is 2.38. The monoisotopic (exact) mass is 712 g/mol. The van der Waals surface area contributed by atoms with Crippen molar-refractivity contribution in [1.29, 1.82) is 0 Å². The van der Waals surface area contributed by atoms with Crippen molar-refractivity contribution < 1.29 is 22.6 Å². The molecule has 0 spiro atoms. The molecular weight excluding hydrogens is 677 g/mol. The fourth-order valence-electron chi connectivity index (χ4n) is 6.96. The van der Waals surface area contributed by atoms with Crippen molar-refractivity contribution >= 4 is 22.4 Å². The molecule has 1 N–H and O–H groups in total. The molecule has 1 saturated heterocycles. The summed E-state index contributed by atoms with van der Waals surface area (Å²) < 4.78 is 51.0. The molecule has 2 aliphatic rings. The molecule has 53 heavy (non-hydrogen) atoms. The summed E-state index contributed by atoms with van der Waals surface area (Å²) in [6.45, 7) is 3.14. The van der Waals surface area contributed by atoms with Crippen LogP contribution in [0.2, 0.25) is 0 Å². The maximum absolute atomic E-state index is 13.4. The molecule has 2 aromatic heterocycles. The summed E-state index contributed by atoms with van der Waals surface area (Å²) in [5.41, 5.74) is 5.25. The first kappa shape index (κ1) is 33.8. The van der Waals surface area contributed by atoms with Gasteiger partial charge in [0.05, 0.1) is 11.7 Å². The molecule has 266 valence electrons. The lowest BCUT2D eigenvalue weighted by atomic mass is 9.85. The minimum absolute atomic E-state index is 0.00293. The third-order valence-corrected chi connectivity index (χ3v) is 9.55. The molecule has 0 atom stereocenters. The number of piperazine rings is 1. The Balaban J connectivity index is 0.000000178. The van der Waals surface area contributed by atoms with Gasteiger partial charge in [0.25, 0.3) is 0 Å². The van der Waals surface area contributed by atoms with Crippen molar-refractivity contribution in [3.05, 3.63) is 162 Å². The van der Waals surface area contributed by atoms with E-state index in [9.17, 15) is 13.2 Å². The van der Waals surface area contributed by atoms with E-state index in [4.69, 9.17) is 9.47 Å². The number of halogens is 3. The predicted octanol–water partition coefficient (Wildman–Crippen LogP) is 8.96. The van der Waals surface area contributed by atoms with Gasteiger partial charge in [0, 0.05) is 54.8 Å². The van der Waals surface area contributed by atoms with Crippen molar-refractivity contribution in [2.24, 2.45) is 0 Å². The molecule has 0 radical (unpaired) electrons. The number of hydrogen-bond acceptors (Lipinski definition) is 7. The molecule has 0 bridgehead atoms. The number of nitrogens with zero attached hydrogens (tertiary/aromatic N) is 5. The number of benzene rings is 5. The summed E-state index contributed by atoms with van der Waals surface area (Å²) in [6.07, 6.45) is -1.85. The molecular formula is C42H35F3N6O2. The number of hydrogen-bond donors (Lipinski definition) is 1. The van der Waals surface area contributed by atoms with E-state index in [0.29, 0.717) is 41.3 Å². The van der Waals surface area contributed by atoms with Gasteiger partial charge in [-0.15, -0.1) is 0 Å². The van der Waals surface area contributed by atoms with E-state index in [0.717, 1.165) is 30.3 Å². The maximum Gasteiger partial charge on any atom is 0.433 e. The number of H-pyrrole nitrogens is 1. The Morgan fingerprint density at radius 1 is 0.642 bits per heavy atom. The van der Waals surface area contributed by atoms with E-state index in [-0.39, 0.29) is 12.4 Å². The molecule has 5 aromatic carbocycles. The van der Waals surface area contributed by atoms with Gasteiger partial charge in [0.1, 0.15) is 17.8 Å². The van der Waals surface area contributed by atoms with Crippen LogP contribution in [-0.2, 0) is 6.18 Å². The smallest absolute Gasteiger partial charge is 0.433 e. The van der Waals surface area contributed by atoms with E-state index in [2.05, 4.69) is 121 Å². The highest BCUT2D eigenvalue weighted by atomic mass is 19.4. The number of aromatic nitrogens is 4. The fourth-order valence-corrected chi connectivity index (χ4v) is 6.96. The van der Waals surface area contributed by atoms with Crippen LogP contribution < -0.4 is 19.3 Å². The standard InChI is InChI=1S/C23H19F3N6O2.C19H16/c24-23(25,26)21-17(11-29-30-21)14-1-3-18-16(9-14)22(28-12-27-18)32-7-5-31(6-8-32)15-2-4-19-20(10-15)34-13-33-19;1-4-10-16(11-5-1)19(17-12-6-2-7-13-17)18-14-8-3-9-15-18/h1-4,9-12H,5-8,13H2,(H,29,30);1-15,19H. The predicted molar refractivity (Wildman–Crippen MR) is 199 cm³/mol. The molecule has 7 aromatic rings. The third-order valence-electron chi connectivity index (χ3n) is 9.55. The lowest BCUT2D eigenvalue weighted by Gasteiger charge is -2.37. The molecule has 2 aliphatic heterocycles. The molecule has 0 aliphatic carbocycles. The number of fused-ring (bicyclic) bond motifs is 2. The average molecular weight is 713 g/mol. The summed E-state index contributed by atoms with van der Waals surface area (Å²) in [5.74, 6) is 2.50. The van der Waals surface area contributed by atoms with Crippen LogP contribution >= 0.6 is 0 Å². The van der Waals surface area contributed by atoms with Crippen molar-refractivity contribution in [1.82, 2.24) is 20.2 Å². The van der Waals surface area contributed by atoms with Gasteiger partial charge in [-0.25, -0.2) is 9.97 Å². The quantitative estimate of drug-likeness (QED) is 0.173. The van der Waals surface area contributed by atoms with Crippen LogP contribution in [0, 0.1) is 0 Å². The van der Waals surface area contributed by atoms with E-state index >= 15 is 0 Å². The zero-order chi connectivity index (χ0) is 36.2. The van der Waals surface area contributed by atoms with Gasteiger partial charge in [0.15, 0.2) is 11.5 Å². The summed E-state index contributed by atoms with van der Waals surface area (Å²) in [4.78, 5) is 13.2. The Hall–Kier alpha value is -6.36. The van der Waals surface area contributed by atoms with Crippen LogP contribution in [0.1, 0.15) is 28.3 Å². The second kappa shape index (κ2) is 14.7. The van der Waals surface area contributed by atoms with E-state index in [1.54, 1.807) is 18.2 Å². The van der Waals surface area contributed by atoms with Crippen molar-refractivity contribution in [2.75, 3.05) is 42.8 Å². The topological polar surface area (TPSA) is 79.4 Å². The van der Waals surface area contributed by atoms with E-state index in [1.807, 2.05) is 18.2 Å². The minimum Gasteiger partial charge on any atom is -0.454 e. The molecule has 1 fully saturated rings. The molecule has 11 heteroatoms. The van der Waals surface area contributed by atoms with Crippen LogP contribution in [0.25, 0.3) is 22.0 Å². The van der Waals surface area contributed by atoms with Crippen molar-refractivity contribution in [3.8, 4) is 22.6 Å². The normalized spacial score (nSPS) is 14.0. The molecule has 9 rings (SSSR count). The molecule has 4 heterocycles. The third kappa shape index (κ3) is 7.23. The van der Waals surface area contributed by atoms with Gasteiger partial charge in [0.2, 0.25) is 6.79 Å².